The number of hydrogen-bond donors (Lipinski definition) is 1. The molecule has 1 N–H and O–H groups in total. The molecule has 1 saturated heterocycles. The number of rotatable bonds is 2. The predicted molar refractivity (Wildman–Crippen MR) is 58.7 cm³/mol. The van der Waals surface area contributed by atoms with Gasteiger partial charge in [0.25, 0.3) is 0 Å². The van der Waals surface area contributed by atoms with Crippen molar-refractivity contribution in [3.8, 4) is 0 Å². The van der Waals surface area contributed by atoms with Gasteiger partial charge >= 0.3 is 0 Å². The summed E-state index contributed by atoms with van der Waals surface area (Å²) in [6, 6.07) is 0. The molecule has 0 atom stereocenters. The van der Waals surface area contributed by atoms with Crippen molar-refractivity contribution in [2.75, 3.05) is 19.6 Å². The fourth-order valence-corrected chi connectivity index (χ4v) is 1.98. The van der Waals surface area contributed by atoms with Crippen molar-refractivity contribution < 1.29 is 4.79 Å². The normalized spacial score (nSPS) is 19.8. The number of nitrogens with one attached hydrogen (secondary N) is 1. The first-order valence-corrected chi connectivity index (χ1v) is 5.43. The van der Waals surface area contributed by atoms with Gasteiger partial charge in [0.1, 0.15) is 19.2 Å². The topological polar surface area (TPSA) is 63.1 Å². The van der Waals surface area contributed by atoms with Gasteiger partial charge in [-0.15, -0.1) is 0 Å². The summed E-state index contributed by atoms with van der Waals surface area (Å²) in [5, 5.41) is 7.23. The quantitative estimate of drug-likeness (QED) is 0.733. The molecule has 6 heteroatoms. The molecule has 2 rings (SSSR count). The Morgan fingerprint density at radius 2 is 2.38 bits per heavy atom. The number of hydrogen-bond acceptors (Lipinski definition) is 4. The Labute approximate surface area is 94.6 Å². The molecule has 1 aliphatic rings. The van der Waals surface area contributed by atoms with Crippen LogP contribution < -0.4 is 5.32 Å². The molecule has 1 amide bonds. The second-order valence-electron chi connectivity index (χ2n) is 4.63. The number of carbonyl (C=O) groups excluding carboxylic acids is 1. The zero-order valence-corrected chi connectivity index (χ0v) is 9.68. The standard InChI is InChI=1S/C10H17N5O/c1-10(2)6-11-3-4-15(10)9(16)5-14-8-12-7-13-14/h7-8,11H,3-6H2,1-2H3. The first-order valence-electron chi connectivity index (χ1n) is 5.43. The molecule has 0 bridgehead atoms. The number of aromatic nitrogens is 3. The van der Waals surface area contributed by atoms with E-state index in [-0.39, 0.29) is 18.0 Å². The number of piperazine rings is 1. The minimum Gasteiger partial charge on any atom is -0.333 e. The molecular formula is C10H17N5O. The molecule has 16 heavy (non-hydrogen) atoms. The lowest BCUT2D eigenvalue weighted by molar-refractivity contribution is -0.138. The first-order chi connectivity index (χ1) is 7.59. The van der Waals surface area contributed by atoms with Gasteiger partial charge in [-0.25, -0.2) is 9.67 Å². The van der Waals surface area contributed by atoms with E-state index in [1.807, 2.05) is 4.90 Å². The average molecular weight is 223 g/mol. The van der Waals surface area contributed by atoms with Crippen LogP contribution in [0.2, 0.25) is 0 Å². The fraction of sp³-hybridized carbons (Fsp3) is 0.700. The molecule has 6 nitrogen and oxygen atoms in total. The number of amides is 1. The van der Waals surface area contributed by atoms with Crippen molar-refractivity contribution in [3.05, 3.63) is 12.7 Å². The van der Waals surface area contributed by atoms with Crippen molar-refractivity contribution in [2.24, 2.45) is 0 Å². The Kier molecular flexibility index (Phi) is 2.91. The molecule has 0 aromatic carbocycles. The molecular weight excluding hydrogens is 206 g/mol. The molecule has 0 radical (unpaired) electrons. The van der Waals surface area contributed by atoms with Gasteiger partial charge in [0, 0.05) is 25.2 Å². The Morgan fingerprint density at radius 1 is 1.56 bits per heavy atom. The fourth-order valence-electron chi connectivity index (χ4n) is 1.98. The van der Waals surface area contributed by atoms with E-state index in [4.69, 9.17) is 0 Å². The highest BCUT2D eigenvalue weighted by Crippen LogP contribution is 2.16. The SMILES string of the molecule is CC1(C)CNCCN1C(=O)Cn1cncn1. The van der Waals surface area contributed by atoms with E-state index in [2.05, 4.69) is 29.2 Å². The van der Waals surface area contributed by atoms with Crippen LogP contribution in [0.3, 0.4) is 0 Å². The Bertz CT molecular complexity index is 359. The van der Waals surface area contributed by atoms with Gasteiger partial charge < -0.3 is 10.2 Å². The zero-order valence-electron chi connectivity index (χ0n) is 9.68. The van der Waals surface area contributed by atoms with E-state index in [0.29, 0.717) is 0 Å². The molecule has 2 heterocycles. The van der Waals surface area contributed by atoms with Crippen LogP contribution in [0.5, 0.6) is 0 Å². The maximum absolute atomic E-state index is 12.1. The van der Waals surface area contributed by atoms with Crippen LogP contribution in [0.25, 0.3) is 0 Å². The maximum atomic E-state index is 12.1. The molecule has 88 valence electrons. The van der Waals surface area contributed by atoms with Crippen LogP contribution in [0.15, 0.2) is 12.7 Å². The lowest BCUT2D eigenvalue weighted by Crippen LogP contribution is -2.60. The Morgan fingerprint density at radius 3 is 3.00 bits per heavy atom. The minimum atomic E-state index is -0.129. The zero-order chi connectivity index (χ0) is 11.6. The summed E-state index contributed by atoms with van der Waals surface area (Å²) in [7, 11) is 0. The van der Waals surface area contributed by atoms with E-state index in [9.17, 15) is 4.79 Å². The molecule has 0 saturated carbocycles. The van der Waals surface area contributed by atoms with Gasteiger partial charge in [0.05, 0.1) is 0 Å². The summed E-state index contributed by atoms with van der Waals surface area (Å²) in [4.78, 5) is 17.8. The van der Waals surface area contributed by atoms with Crippen molar-refractivity contribution in [3.63, 3.8) is 0 Å². The summed E-state index contributed by atoms with van der Waals surface area (Å²) in [5.41, 5.74) is -0.129. The van der Waals surface area contributed by atoms with Gasteiger partial charge in [-0.05, 0) is 13.8 Å². The molecule has 1 aromatic rings. The van der Waals surface area contributed by atoms with Crippen LogP contribution in [0.1, 0.15) is 13.8 Å². The lowest BCUT2D eigenvalue weighted by Gasteiger charge is -2.42. The molecule has 0 aliphatic carbocycles. The first kappa shape index (κ1) is 11.1. The number of carbonyl (C=O) groups is 1. The largest absolute Gasteiger partial charge is 0.333 e. The highest BCUT2D eigenvalue weighted by atomic mass is 16.2. The summed E-state index contributed by atoms with van der Waals surface area (Å²) in [5.74, 6) is 0.0944. The molecule has 1 fully saturated rings. The highest BCUT2D eigenvalue weighted by molar-refractivity contribution is 5.76. The monoisotopic (exact) mass is 223 g/mol. The summed E-state index contributed by atoms with van der Waals surface area (Å²) >= 11 is 0. The second kappa shape index (κ2) is 4.21. The van der Waals surface area contributed by atoms with Gasteiger partial charge in [0.2, 0.25) is 5.91 Å². The molecule has 0 spiro atoms. The van der Waals surface area contributed by atoms with Gasteiger partial charge in [0.15, 0.2) is 0 Å². The second-order valence-corrected chi connectivity index (χ2v) is 4.63. The van der Waals surface area contributed by atoms with Crippen LogP contribution >= 0.6 is 0 Å². The Hall–Kier alpha value is -1.43. The van der Waals surface area contributed by atoms with Gasteiger partial charge in [-0.1, -0.05) is 0 Å². The Balaban J connectivity index is 2.03. The number of nitrogens with zero attached hydrogens (tertiary/aromatic N) is 4. The summed E-state index contributed by atoms with van der Waals surface area (Å²) in [6.07, 6.45) is 3.00. The van der Waals surface area contributed by atoms with Crippen molar-refractivity contribution in [1.82, 2.24) is 25.0 Å². The van der Waals surface area contributed by atoms with E-state index >= 15 is 0 Å². The van der Waals surface area contributed by atoms with E-state index in [1.165, 1.54) is 6.33 Å². The molecule has 1 aliphatic heterocycles. The smallest absolute Gasteiger partial charge is 0.244 e. The highest BCUT2D eigenvalue weighted by Gasteiger charge is 2.32. The van der Waals surface area contributed by atoms with Crippen molar-refractivity contribution >= 4 is 5.91 Å². The molecule has 1 aromatic heterocycles. The van der Waals surface area contributed by atoms with Crippen LogP contribution in [-0.4, -0.2) is 50.7 Å². The molecule has 0 unspecified atom stereocenters. The van der Waals surface area contributed by atoms with E-state index < -0.39 is 0 Å². The average Bonchev–Trinajstić information content (AvgIpc) is 2.69. The third-order valence-corrected chi connectivity index (χ3v) is 2.87. The van der Waals surface area contributed by atoms with E-state index in [0.717, 1.165) is 19.6 Å². The summed E-state index contributed by atoms with van der Waals surface area (Å²) in [6.45, 7) is 6.84. The van der Waals surface area contributed by atoms with Gasteiger partial charge in [-0.3, -0.25) is 4.79 Å². The third-order valence-electron chi connectivity index (χ3n) is 2.87. The van der Waals surface area contributed by atoms with Crippen LogP contribution in [0.4, 0.5) is 0 Å². The maximum Gasteiger partial charge on any atom is 0.244 e. The lowest BCUT2D eigenvalue weighted by atomic mass is 10.0. The third kappa shape index (κ3) is 2.21. The van der Waals surface area contributed by atoms with E-state index in [1.54, 1.807) is 11.0 Å². The summed E-state index contributed by atoms with van der Waals surface area (Å²) < 4.78 is 1.56. The predicted octanol–water partition coefficient (Wildman–Crippen LogP) is -0.511. The minimum absolute atomic E-state index is 0.0944. The van der Waals surface area contributed by atoms with Crippen molar-refractivity contribution in [1.29, 1.82) is 0 Å². The van der Waals surface area contributed by atoms with Gasteiger partial charge in [-0.2, -0.15) is 5.10 Å². The van der Waals surface area contributed by atoms with Crippen LogP contribution in [0, 0.1) is 0 Å². The van der Waals surface area contributed by atoms with Crippen molar-refractivity contribution in [2.45, 2.75) is 25.9 Å². The van der Waals surface area contributed by atoms with Crippen LogP contribution in [-0.2, 0) is 11.3 Å².